The lowest BCUT2D eigenvalue weighted by Crippen LogP contribution is -2.15. The zero-order chi connectivity index (χ0) is 20.4. The number of amides is 1. The number of H-pyrrole nitrogens is 1. The van der Waals surface area contributed by atoms with Crippen molar-refractivity contribution in [2.75, 3.05) is 11.1 Å². The Kier molecular flexibility index (Phi) is 5.37. The van der Waals surface area contributed by atoms with Gasteiger partial charge in [-0.15, -0.1) is 0 Å². The van der Waals surface area contributed by atoms with E-state index >= 15 is 0 Å². The summed E-state index contributed by atoms with van der Waals surface area (Å²) in [6, 6.07) is 16.1. The van der Waals surface area contributed by atoms with Crippen LogP contribution in [0.4, 0.5) is 5.69 Å². The highest BCUT2D eigenvalue weighted by molar-refractivity contribution is 7.99. The summed E-state index contributed by atoms with van der Waals surface area (Å²) in [5, 5.41) is 6.45. The SMILES string of the molecule is Cc1cccc(NC(=O)CSc2nc(-c3ccccc3Cl)nc3cc(=O)[nH]n23)c1. The highest BCUT2D eigenvalue weighted by Crippen LogP contribution is 2.27. The number of nitrogens with zero attached hydrogens (tertiary/aromatic N) is 3. The van der Waals surface area contributed by atoms with E-state index in [4.69, 9.17) is 11.6 Å². The lowest BCUT2D eigenvalue weighted by atomic mass is 10.2. The molecule has 0 aliphatic heterocycles. The number of hydrogen-bond acceptors (Lipinski definition) is 5. The largest absolute Gasteiger partial charge is 0.325 e. The fourth-order valence-electron chi connectivity index (χ4n) is 2.79. The van der Waals surface area contributed by atoms with E-state index in [1.807, 2.05) is 43.3 Å². The Balaban J connectivity index is 1.61. The monoisotopic (exact) mass is 425 g/mol. The van der Waals surface area contributed by atoms with Crippen LogP contribution in [0.15, 0.2) is 64.5 Å². The van der Waals surface area contributed by atoms with Crippen LogP contribution in [-0.4, -0.2) is 31.2 Å². The summed E-state index contributed by atoms with van der Waals surface area (Å²) in [5.41, 5.74) is 2.54. The molecule has 0 saturated carbocycles. The van der Waals surface area contributed by atoms with Crippen molar-refractivity contribution in [3.05, 3.63) is 75.5 Å². The minimum Gasteiger partial charge on any atom is -0.325 e. The summed E-state index contributed by atoms with van der Waals surface area (Å²) in [7, 11) is 0. The molecule has 0 atom stereocenters. The Morgan fingerprint density at radius 1 is 1.17 bits per heavy atom. The Bertz CT molecular complexity index is 1270. The number of hydrogen-bond donors (Lipinski definition) is 2. The summed E-state index contributed by atoms with van der Waals surface area (Å²) < 4.78 is 1.47. The molecule has 2 aromatic carbocycles. The number of benzene rings is 2. The van der Waals surface area contributed by atoms with Gasteiger partial charge in [-0.1, -0.05) is 47.6 Å². The summed E-state index contributed by atoms with van der Waals surface area (Å²) in [4.78, 5) is 33.1. The first-order valence-electron chi connectivity index (χ1n) is 8.73. The Hall–Kier alpha value is -3.10. The molecule has 0 fully saturated rings. The smallest absolute Gasteiger partial charge is 0.266 e. The first-order valence-corrected chi connectivity index (χ1v) is 10.1. The average Bonchev–Trinajstić information content (AvgIpc) is 3.06. The van der Waals surface area contributed by atoms with E-state index in [9.17, 15) is 9.59 Å². The number of anilines is 1. The normalized spacial score (nSPS) is 11.0. The number of halogens is 1. The molecule has 2 aromatic heterocycles. The van der Waals surface area contributed by atoms with E-state index in [2.05, 4.69) is 20.4 Å². The van der Waals surface area contributed by atoms with Crippen LogP contribution in [0.5, 0.6) is 0 Å². The molecule has 0 saturated heterocycles. The van der Waals surface area contributed by atoms with E-state index in [1.54, 1.807) is 12.1 Å². The Morgan fingerprint density at radius 2 is 2.00 bits per heavy atom. The zero-order valence-electron chi connectivity index (χ0n) is 15.3. The number of fused-ring (bicyclic) bond motifs is 1. The molecule has 0 radical (unpaired) electrons. The third kappa shape index (κ3) is 4.33. The number of aromatic amines is 1. The van der Waals surface area contributed by atoms with Crippen LogP contribution in [0, 0.1) is 6.92 Å². The van der Waals surface area contributed by atoms with Crippen molar-refractivity contribution >= 4 is 40.6 Å². The standard InChI is InChI=1S/C20H16ClN5O2S/c1-12-5-4-6-13(9-12)22-18(28)11-29-20-24-19(14-7-2-3-8-15(14)21)23-16-10-17(27)25-26(16)20/h2-10H,11H2,1H3,(H,22,28)(H,25,27). The van der Waals surface area contributed by atoms with E-state index in [1.165, 1.54) is 22.3 Å². The predicted molar refractivity (Wildman–Crippen MR) is 115 cm³/mol. The van der Waals surface area contributed by atoms with Crippen LogP contribution in [0.2, 0.25) is 5.02 Å². The summed E-state index contributed by atoms with van der Waals surface area (Å²) >= 11 is 7.47. The lowest BCUT2D eigenvalue weighted by Gasteiger charge is -2.09. The number of rotatable bonds is 5. The van der Waals surface area contributed by atoms with Crippen LogP contribution in [0.3, 0.4) is 0 Å². The lowest BCUT2D eigenvalue weighted by molar-refractivity contribution is -0.113. The van der Waals surface area contributed by atoms with E-state index < -0.39 is 0 Å². The Morgan fingerprint density at radius 3 is 2.79 bits per heavy atom. The maximum absolute atomic E-state index is 12.4. The first-order chi connectivity index (χ1) is 14.0. The quantitative estimate of drug-likeness (QED) is 0.475. The van der Waals surface area contributed by atoms with Gasteiger partial charge in [-0.2, -0.15) is 0 Å². The van der Waals surface area contributed by atoms with Crippen LogP contribution in [0.1, 0.15) is 5.56 Å². The third-order valence-electron chi connectivity index (χ3n) is 4.07. The molecule has 4 aromatic rings. The van der Waals surface area contributed by atoms with Gasteiger partial charge in [-0.25, -0.2) is 14.5 Å². The summed E-state index contributed by atoms with van der Waals surface area (Å²) in [6.45, 7) is 1.96. The van der Waals surface area contributed by atoms with Gasteiger partial charge in [0, 0.05) is 17.3 Å². The van der Waals surface area contributed by atoms with Gasteiger partial charge in [-0.3, -0.25) is 14.7 Å². The van der Waals surface area contributed by atoms with Crippen LogP contribution >= 0.6 is 23.4 Å². The van der Waals surface area contributed by atoms with Crippen molar-refractivity contribution in [1.29, 1.82) is 0 Å². The van der Waals surface area contributed by atoms with Gasteiger partial charge >= 0.3 is 0 Å². The molecule has 146 valence electrons. The van der Waals surface area contributed by atoms with Crippen molar-refractivity contribution < 1.29 is 4.79 Å². The molecular formula is C20H16ClN5O2S. The van der Waals surface area contributed by atoms with Crippen LogP contribution in [-0.2, 0) is 4.79 Å². The average molecular weight is 426 g/mol. The van der Waals surface area contributed by atoms with Gasteiger partial charge in [0.2, 0.25) is 5.91 Å². The van der Waals surface area contributed by atoms with Crippen molar-refractivity contribution in [3.8, 4) is 11.4 Å². The maximum Gasteiger partial charge on any atom is 0.266 e. The number of aromatic nitrogens is 4. The minimum atomic E-state index is -0.304. The fourth-order valence-corrected chi connectivity index (χ4v) is 3.77. The highest BCUT2D eigenvalue weighted by Gasteiger charge is 2.14. The highest BCUT2D eigenvalue weighted by atomic mass is 35.5. The fraction of sp³-hybridized carbons (Fsp3) is 0.100. The molecule has 1 amide bonds. The second-order valence-electron chi connectivity index (χ2n) is 6.33. The topological polar surface area (TPSA) is 92.2 Å². The van der Waals surface area contributed by atoms with E-state index in [0.717, 1.165) is 11.3 Å². The van der Waals surface area contributed by atoms with Gasteiger partial charge in [0.25, 0.3) is 5.56 Å². The molecule has 0 spiro atoms. The molecule has 0 aliphatic carbocycles. The molecule has 4 rings (SSSR count). The minimum absolute atomic E-state index is 0.113. The van der Waals surface area contributed by atoms with Gasteiger partial charge in [0.1, 0.15) is 0 Å². The van der Waals surface area contributed by atoms with Crippen LogP contribution < -0.4 is 10.9 Å². The van der Waals surface area contributed by atoms with Gasteiger partial charge in [0.15, 0.2) is 16.6 Å². The molecule has 7 nitrogen and oxygen atoms in total. The Labute approximate surface area is 175 Å². The maximum atomic E-state index is 12.4. The molecule has 2 N–H and O–H groups in total. The zero-order valence-corrected chi connectivity index (χ0v) is 16.9. The second-order valence-corrected chi connectivity index (χ2v) is 7.68. The number of carbonyl (C=O) groups is 1. The molecule has 9 heteroatoms. The first kappa shape index (κ1) is 19.2. The molecule has 2 heterocycles. The van der Waals surface area contributed by atoms with Crippen molar-refractivity contribution in [3.63, 3.8) is 0 Å². The van der Waals surface area contributed by atoms with Gasteiger partial charge < -0.3 is 5.32 Å². The number of nitrogens with one attached hydrogen (secondary N) is 2. The van der Waals surface area contributed by atoms with Gasteiger partial charge in [0.05, 0.1) is 10.8 Å². The molecule has 29 heavy (non-hydrogen) atoms. The van der Waals surface area contributed by atoms with Crippen LogP contribution in [0.25, 0.3) is 17.0 Å². The van der Waals surface area contributed by atoms with Gasteiger partial charge in [-0.05, 0) is 36.8 Å². The molecule has 0 bridgehead atoms. The van der Waals surface area contributed by atoms with Crippen molar-refractivity contribution in [1.82, 2.24) is 19.6 Å². The number of carbonyl (C=O) groups excluding carboxylic acids is 1. The molecule has 0 unspecified atom stereocenters. The molecule has 0 aliphatic rings. The predicted octanol–water partition coefficient (Wildman–Crippen LogP) is 3.78. The molecular weight excluding hydrogens is 410 g/mol. The van der Waals surface area contributed by atoms with E-state index in [-0.39, 0.29) is 17.2 Å². The third-order valence-corrected chi connectivity index (χ3v) is 5.34. The second kappa shape index (κ2) is 8.10. The summed E-state index contributed by atoms with van der Waals surface area (Å²) in [5.74, 6) is 0.319. The number of thioether (sulfide) groups is 1. The van der Waals surface area contributed by atoms with Crippen molar-refractivity contribution in [2.45, 2.75) is 12.1 Å². The van der Waals surface area contributed by atoms with E-state index in [0.29, 0.717) is 27.2 Å². The van der Waals surface area contributed by atoms with Crippen molar-refractivity contribution in [2.24, 2.45) is 0 Å². The number of aryl methyl sites for hydroxylation is 1. The summed E-state index contributed by atoms with van der Waals surface area (Å²) in [6.07, 6.45) is 0.